The van der Waals surface area contributed by atoms with E-state index in [-0.39, 0.29) is 11.8 Å². The van der Waals surface area contributed by atoms with Crippen LogP contribution in [-0.2, 0) is 9.59 Å². The molecule has 0 N–H and O–H groups in total. The van der Waals surface area contributed by atoms with E-state index < -0.39 is 0 Å². The Morgan fingerprint density at radius 1 is 1.31 bits per heavy atom. The summed E-state index contributed by atoms with van der Waals surface area (Å²) in [5.74, 6) is 0.916. The number of imide groups is 1. The topological polar surface area (TPSA) is 37.4 Å². The summed E-state index contributed by atoms with van der Waals surface area (Å²) in [6, 6.07) is 0. The van der Waals surface area contributed by atoms with E-state index in [0.717, 1.165) is 6.42 Å². The summed E-state index contributed by atoms with van der Waals surface area (Å²) in [4.78, 5) is 24.8. The van der Waals surface area contributed by atoms with Gasteiger partial charge in [-0.05, 0) is 25.2 Å². The van der Waals surface area contributed by atoms with Crippen LogP contribution in [0.4, 0.5) is 0 Å². The maximum absolute atomic E-state index is 11.7. The standard InChI is InChI=1S/C13H19NO2/c1-9-5-3-4-6-11(9)8-14-12(15)7-10(2)13(14)16/h7,9,11H,3-6,8H2,1-2H3. The number of rotatable bonds is 2. The van der Waals surface area contributed by atoms with Gasteiger partial charge in [0.15, 0.2) is 0 Å². The molecule has 16 heavy (non-hydrogen) atoms. The normalized spacial score (nSPS) is 30.9. The number of nitrogens with zero attached hydrogens (tertiary/aromatic N) is 1. The molecule has 1 fully saturated rings. The van der Waals surface area contributed by atoms with Crippen molar-refractivity contribution in [1.82, 2.24) is 4.90 Å². The summed E-state index contributed by atoms with van der Waals surface area (Å²) >= 11 is 0. The van der Waals surface area contributed by atoms with Crippen LogP contribution in [0.3, 0.4) is 0 Å². The number of carbonyl (C=O) groups is 2. The largest absolute Gasteiger partial charge is 0.275 e. The van der Waals surface area contributed by atoms with Gasteiger partial charge in [0.1, 0.15) is 0 Å². The molecule has 2 unspecified atom stereocenters. The zero-order chi connectivity index (χ0) is 11.7. The van der Waals surface area contributed by atoms with Crippen molar-refractivity contribution in [1.29, 1.82) is 0 Å². The van der Waals surface area contributed by atoms with Crippen LogP contribution in [-0.4, -0.2) is 23.3 Å². The molecule has 1 aliphatic carbocycles. The molecule has 3 heteroatoms. The number of amides is 2. The van der Waals surface area contributed by atoms with Crippen LogP contribution in [0.15, 0.2) is 11.6 Å². The Bertz CT molecular complexity index is 346. The van der Waals surface area contributed by atoms with E-state index in [2.05, 4.69) is 6.92 Å². The van der Waals surface area contributed by atoms with Crippen LogP contribution in [0.25, 0.3) is 0 Å². The molecule has 1 saturated carbocycles. The highest BCUT2D eigenvalue weighted by Gasteiger charge is 2.32. The molecule has 0 bridgehead atoms. The lowest BCUT2D eigenvalue weighted by molar-refractivity contribution is -0.138. The van der Waals surface area contributed by atoms with Crippen molar-refractivity contribution in [2.24, 2.45) is 11.8 Å². The van der Waals surface area contributed by atoms with E-state index in [1.54, 1.807) is 6.92 Å². The van der Waals surface area contributed by atoms with Crippen LogP contribution in [0, 0.1) is 11.8 Å². The second kappa shape index (κ2) is 4.40. The maximum Gasteiger partial charge on any atom is 0.256 e. The lowest BCUT2D eigenvalue weighted by Crippen LogP contribution is -2.38. The average Bonchev–Trinajstić information content (AvgIpc) is 2.48. The van der Waals surface area contributed by atoms with Gasteiger partial charge in [0.05, 0.1) is 0 Å². The van der Waals surface area contributed by atoms with Gasteiger partial charge in [-0.25, -0.2) is 0 Å². The van der Waals surface area contributed by atoms with Gasteiger partial charge < -0.3 is 0 Å². The predicted molar refractivity (Wildman–Crippen MR) is 61.6 cm³/mol. The number of carbonyl (C=O) groups excluding carboxylic acids is 2. The molecular weight excluding hydrogens is 202 g/mol. The highest BCUT2D eigenvalue weighted by Crippen LogP contribution is 2.31. The molecule has 2 rings (SSSR count). The Kier molecular flexibility index (Phi) is 3.13. The first-order valence-electron chi connectivity index (χ1n) is 6.13. The van der Waals surface area contributed by atoms with E-state index >= 15 is 0 Å². The second-order valence-corrected chi connectivity index (χ2v) is 5.10. The van der Waals surface area contributed by atoms with Crippen molar-refractivity contribution in [3.8, 4) is 0 Å². The molecule has 88 valence electrons. The highest BCUT2D eigenvalue weighted by atomic mass is 16.2. The summed E-state index contributed by atoms with van der Waals surface area (Å²) < 4.78 is 0. The van der Waals surface area contributed by atoms with E-state index in [9.17, 15) is 9.59 Å². The van der Waals surface area contributed by atoms with Crippen molar-refractivity contribution < 1.29 is 9.59 Å². The third-order valence-electron chi connectivity index (χ3n) is 3.89. The Hall–Kier alpha value is -1.12. The summed E-state index contributed by atoms with van der Waals surface area (Å²) in [6.07, 6.45) is 6.36. The summed E-state index contributed by atoms with van der Waals surface area (Å²) in [5.41, 5.74) is 0.577. The van der Waals surface area contributed by atoms with E-state index in [4.69, 9.17) is 0 Å². The summed E-state index contributed by atoms with van der Waals surface area (Å²) in [5, 5.41) is 0. The Morgan fingerprint density at radius 3 is 2.56 bits per heavy atom. The van der Waals surface area contributed by atoms with Crippen molar-refractivity contribution in [3.63, 3.8) is 0 Å². The van der Waals surface area contributed by atoms with E-state index in [0.29, 0.717) is 24.0 Å². The molecule has 0 saturated heterocycles. The molecule has 0 spiro atoms. The first-order valence-corrected chi connectivity index (χ1v) is 6.13. The van der Waals surface area contributed by atoms with Gasteiger partial charge >= 0.3 is 0 Å². The monoisotopic (exact) mass is 221 g/mol. The molecule has 0 radical (unpaired) electrons. The van der Waals surface area contributed by atoms with Gasteiger partial charge in [-0.2, -0.15) is 0 Å². The highest BCUT2D eigenvalue weighted by molar-refractivity contribution is 6.15. The molecule has 0 aromatic heterocycles. The van der Waals surface area contributed by atoms with E-state index in [1.165, 1.54) is 30.2 Å². The summed E-state index contributed by atoms with van der Waals surface area (Å²) in [6.45, 7) is 4.56. The predicted octanol–water partition coefficient (Wildman–Crippen LogP) is 2.13. The second-order valence-electron chi connectivity index (χ2n) is 5.10. The molecule has 1 aliphatic heterocycles. The van der Waals surface area contributed by atoms with Crippen LogP contribution in [0.1, 0.15) is 39.5 Å². The minimum Gasteiger partial charge on any atom is -0.275 e. The SMILES string of the molecule is CC1=CC(=O)N(CC2CCCCC2C)C1=O. The quantitative estimate of drug-likeness (QED) is 0.670. The molecule has 1 heterocycles. The molecule has 3 nitrogen and oxygen atoms in total. The van der Waals surface area contributed by atoms with Crippen LogP contribution >= 0.6 is 0 Å². The molecular formula is C13H19NO2. The maximum atomic E-state index is 11.7. The number of hydrogen-bond donors (Lipinski definition) is 0. The fourth-order valence-corrected chi connectivity index (χ4v) is 2.71. The molecule has 0 aromatic carbocycles. The smallest absolute Gasteiger partial charge is 0.256 e. The van der Waals surface area contributed by atoms with Crippen LogP contribution in [0.2, 0.25) is 0 Å². The van der Waals surface area contributed by atoms with Gasteiger partial charge in [-0.1, -0.05) is 26.2 Å². The van der Waals surface area contributed by atoms with Crippen molar-refractivity contribution in [3.05, 3.63) is 11.6 Å². The van der Waals surface area contributed by atoms with Crippen LogP contribution < -0.4 is 0 Å². The van der Waals surface area contributed by atoms with E-state index in [1.807, 2.05) is 0 Å². The average molecular weight is 221 g/mol. The van der Waals surface area contributed by atoms with Crippen molar-refractivity contribution in [2.45, 2.75) is 39.5 Å². The zero-order valence-corrected chi connectivity index (χ0v) is 10.0. The molecule has 0 aromatic rings. The van der Waals surface area contributed by atoms with Crippen LogP contribution in [0.5, 0.6) is 0 Å². The van der Waals surface area contributed by atoms with Gasteiger partial charge in [0, 0.05) is 18.2 Å². The third kappa shape index (κ3) is 2.04. The fourth-order valence-electron chi connectivity index (χ4n) is 2.71. The first kappa shape index (κ1) is 11.4. The fraction of sp³-hybridized carbons (Fsp3) is 0.692. The van der Waals surface area contributed by atoms with Gasteiger partial charge in [0.2, 0.25) is 0 Å². The molecule has 2 aliphatic rings. The lowest BCUT2D eigenvalue weighted by atomic mass is 9.80. The Balaban J connectivity index is 2.00. The van der Waals surface area contributed by atoms with Gasteiger partial charge in [-0.15, -0.1) is 0 Å². The molecule has 2 atom stereocenters. The minimum atomic E-state index is -0.125. The van der Waals surface area contributed by atoms with Gasteiger partial charge in [0.25, 0.3) is 11.8 Å². The zero-order valence-electron chi connectivity index (χ0n) is 10.0. The van der Waals surface area contributed by atoms with Gasteiger partial charge in [-0.3, -0.25) is 14.5 Å². The first-order chi connectivity index (χ1) is 7.59. The Morgan fingerprint density at radius 2 is 2.00 bits per heavy atom. The van der Waals surface area contributed by atoms with Crippen molar-refractivity contribution in [2.75, 3.05) is 6.54 Å². The summed E-state index contributed by atoms with van der Waals surface area (Å²) in [7, 11) is 0. The minimum absolute atomic E-state index is 0.0947. The molecule has 2 amide bonds. The Labute approximate surface area is 96.5 Å². The third-order valence-corrected chi connectivity index (χ3v) is 3.89. The van der Waals surface area contributed by atoms with Crippen molar-refractivity contribution >= 4 is 11.8 Å². The lowest BCUT2D eigenvalue weighted by Gasteiger charge is -2.31. The number of hydrogen-bond acceptors (Lipinski definition) is 2.